The van der Waals surface area contributed by atoms with Crippen LogP contribution in [-0.4, -0.2) is 9.55 Å². The van der Waals surface area contributed by atoms with E-state index in [4.69, 9.17) is 11.6 Å². The third-order valence-electron chi connectivity index (χ3n) is 4.22. The van der Waals surface area contributed by atoms with E-state index in [1.807, 2.05) is 61.5 Å². The van der Waals surface area contributed by atoms with Crippen LogP contribution in [0, 0.1) is 6.92 Å². The van der Waals surface area contributed by atoms with Crippen molar-refractivity contribution in [3.05, 3.63) is 86.7 Å². The van der Waals surface area contributed by atoms with Gasteiger partial charge in [0.05, 0.1) is 18.3 Å². The molecule has 0 fully saturated rings. The van der Waals surface area contributed by atoms with Gasteiger partial charge in [-0.2, -0.15) is 0 Å². The first-order valence-electron chi connectivity index (χ1n) is 7.92. The van der Waals surface area contributed by atoms with Crippen LogP contribution < -0.4 is 5.56 Å². The minimum atomic E-state index is -0.0341. The molecule has 0 aliphatic heterocycles. The normalized spacial score (nSPS) is 11.1. The lowest BCUT2D eigenvalue weighted by atomic mass is 10.0. The number of benzene rings is 2. The van der Waals surface area contributed by atoms with Crippen molar-refractivity contribution >= 4 is 33.2 Å². The average molecular weight is 367 g/mol. The van der Waals surface area contributed by atoms with Gasteiger partial charge in [0.2, 0.25) is 0 Å². The standard InChI is InChI=1S/C20H15ClN2OS/c1-13-17(14-7-3-2-4-8-14)18-19(25-13)22-12-23(20(18)24)11-15-9-5-6-10-16(15)21/h2-10,12H,11H2,1H3. The van der Waals surface area contributed by atoms with Gasteiger partial charge >= 0.3 is 0 Å². The molecule has 4 aromatic rings. The first-order valence-corrected chi connectivity index (χ1v) is 9.12. The lowest BCUT2D eigenvalue weighted by molar-refractivity contribution is 0.749. The molecular weight excluding hydrogens is 352 g/mol. The maximum Gasteiger partial charge on any atom is 0.263 e. The Balaban J connectivity index is 1.91. The number of nitrogens with zero attached hydrogens (tertiary/aromatic N) is 2. The van der Waals surface area contributed by atoms with Gasteiger partial charge in [0.15, 0.2) is 0 Å². The summed E-state index contributed by atoms with van der Waals surface area (Å²) in [7, 11) is 0. The first-order chi connectivity index (χ1) is 12.1. The van der Waals surface area contributed by atoms with E-state index in [0.29, 0.717) is 17.0 Å². The number of aromatic nitrogens is 2. The molecule has 0 amide bonds. The molecule has 0 spiro atoms. The molecule has 0 aliphatic carbocycles. The molecule has 2 aromatic heterocycles. The van der Waals surface area contributed by atoms with E-state index in [9.17, 15) is 4.79 Å². The summed E-state index contributed by atoms with van der Waals surface area (Å²) in [6, 6.07) is 17.6. The Morgan fingerprint density at radius 1 is 1.08 bits per heavy atom. The minimum absolute atomic E-state index is 0.0341. The molecule has 0 radical (unpaired) electrons. The van der Waals surface area contributed by atoms with Crippen molar-refractivity contribution in [2.24, 2.45) is 0 Å². The highest BCUT2D eigenvalue weighted by Gasteiger charge is 2.17. The summed E-state index contributed by atoms with van der Waals surface area (Å²) in [5.41, 5.74) is 2.89. The van der Waals surface area contributed by atoms with E-state index in [2.05, 4.69) is 4.98 Å². The Hall–Kier alpha value is -2.43. The molecule has 2 aromatic carbocycles. The molecule has 25 heavy (non-hydrogen) atoms. The summed E-state index contributed by atoms with van der Waals surface area (Å²) in [4.78, 5) is 19.5. The quantitative estimate of drug-likeness (QED) is 0.503. The highest BCUT2D eigenvalue weighted by atomic mass is 35.5. The van der Waals surface area contributed by atoms with Crippen LogP contribution in [0.3, 0.4) is 0 Å². The molecule has 0 saturated heterocycles. The van der Waals surface area contributed by atoms with Crippen molar-refractivity contribution < 1.29 is 0 Å². The predicted octanol–water partition coefficient (Wildman–Crippen LogP) is 5.14. The van der Waals surface area contributed by atoms with Crippen LogP contribution in [0.2, 0.25) is 5.02 Å². The van der Waals surface area contributed by atoms with E-state index in [1.165, 1.54) is 0 Å². The van der Waals surface area contributed by atoms with Crippen molar-refractivity contribution in [2.45, 2.75) is 13.5 Å². The van der Waals surface area contributed by atoms with Gasteiger partial charge in [0.25, 0.3) is 5.56 Å². The van der Waals surface area contributed by atoms with E-state index in [1.54, 1.807) is 22.2 Å². The second kappa shape index (κ2) is 6.47. The Kier molecular flexibility index (Phi) is 4.15. The first kappa shape index (κ1) is 16.1. The second-order valence-corrected chi connectivity index (χ2v) is 7.46. The SMILES string of the molecule is Cc1sc2ncn(Cc3ccccc3Cl)c(=O)c2c1-c1ccccc1. The van der Waals surface area contributed by atoms with Gasteiger partial charge in [0.1, 0.15) is 4.83 Å². The second-order valence-electron chi connectivity index (χ2n) is 5.85. The molecular formula is C20H15ClN2OS. The molecule has 0 saturated carbocycles. The number of fused-ring (bicyclic) bond motifs is 1. The Bertz CT molecular complexity index is 1120. The van der Waals surface area contributed by atoms with Gasteiger partial charge in [-0.25, -0.2) is 4.98 Å². The molecule has 124 valence electrons. The molecule has 4 rings (SSSR count). The zero-order chi connectivity index (χ0) is 17.4. The number of rotatable bonds is 3. The third-order valence-corrected chi connectivity index (χ3v) is 5.60. The minimum Gasteiger partial charge on any atom is -0.294 e. The van der Waals surface area contributed by atoms with Crippen LogP contribution in [0.25, 0.3) is 21.3 Å². The maximum absolute atomic E-state index is 13.1. The largest absolute Gasteiger partial charge is 0.294 e. The van der Waals surface area contributed by atoms with E-state index >= 15 is 0 Å². The zero-order valence-electron chi connectivity index (χ0n) is 13.6. The molecule has 0 N–H and O–H groups in total. The molecule has 0 unspecified atom stereocenters. The van der Waals surface area contributed by atoms with Crippen molar-refractivity contribution in [2.75, 3.05) is 0 Å². The Morgan fingerprint density at radius 2 is 1.80 bits per heavy atom. The molecule has 5 heteroatoms. The van der Waals surface area contributed by atoms with Crippen LogP contribution in [0.1, 0.15) is 10.4 Å². The summed E-state index contributed by atoms with van der Waals surface area (Å²) < 4.78 is 1.63. The van der Waals surface area contributed by atoms with Crippen LogP contribution in [0.15, 0.2) is 65.7 Å². The van der Waals surface area contributed by atoms with Gasteiger partial charge in [-0.1, -0.05) is 60.1 Å². The van der Waals surface area contributed by atoms with E-state index in [-0.39, 0.29) is 5.56 Å². The van der Waals surface area contributed by atoms with Crippen molar-refractivity contribution in [1.82, 2.24) is 9.55 Å². The van der Waals surface area contributed by atoms with Crippen molar-refractivity contribution in [3.63, 3.8) is 0 Å². The Labute approximate surface area is 154 Å². The van der Waals surface area contributed by atoms with Gasteiger partial charge in [-0.05, 0) is 24.1 Å². The van der Waals surface area contributed by atoms with Crippen LogP contribution in [0.4, 0.5) is 0 Å². The van der Waals surface area contributed by atoms with Crippen LogP contribution in [-0.2, 0) is 6.54 Å². The van der Waals surface area contributed by atoms with Gasteiger partial charge in [-0.15, -0.1) is 11.3 Å². The topological polar surface area (TPSA) is 34.9 Å². The molecule has 3 nitrogen and oxygen atoms in total. The Morgan fingerprint density at radius 3 is 2.56 bits per heavy atom. The lowest BCUT2D eigenvalue weighted by Gasteiger charge is -2.08. The summed E-state index contributed by atoms with van der Waals surface area (Å²) >= 11 is 7.80. The fraction of sp³-hybridized carbons (Fsp3) is 0.100. The average Bonchev–Trinajstić information content (AvgIpc) is 2.97. The zero-order valence-corrected chi connectivity index (χ0v) is 15.1. The molecule has 2 heterocycles. The number of hydrogen-bond acceptors (Lipinski definition) is 3. The van der Waals surface area contributed by atoms with Gasteiger partial charge in [-0.3, -0.25) is 9.36 Å². The van der Waals surface area contributed by atoms with Crippen LogP contribution in [0.5, 0.6) is 0 Å². The van der Waals surface area contributed by atoms with E-state index < -0.39 is 0 Å². The summed E-state index contributed by atoms with van der Waals surface area (Å²) in [6.07, 6.45) is 1.61. The summed E-state index contributed by atoms with van der Waals surface area (Å²) in [5.74, 6) is 0. The smallest absolute Gasteiger partial charge is 0.263 e. The van der Waals surface area contributed by atoms with Gasteiger partial charge in [0, 0.05) is 15.5 Å². The van der Waals surface area contributed by atoms with Crippen LogP contribution >= 0.6 is 22.9 Å². The van der Waals surface area contributed by atoms with Crippen molar-refractivity contribution in [1.29, 1.82) is 0 Å². The molecule has 0 atom stereocenters. The molecule has 0 aliphatic rings. The monoisotopic (exact) mass is 366 g/mol. The predicted molar refractivity (Wildman–Crippen MR) is 105 cm³/mol. The van der Waals surface area contributed by atoms with Gasteiger partial charge < -0.3 is 0 Å². The molecule has 0 bridgehead atoms. The fourth-order valence-corrected chi connectivity index (χ4v) is 4.21. The number of halogens is 1. The third kappa shape index (κ3) is 2.88. The highest BCUT2D eigenvalue weighted by molar-refractivity contribution is 7.19. The number of aryl methyl sites for hydroxylation is 1. The summed E-state index contributed by atoms with van der Waals surface area (Å²) in [6.45, 7) is 2.44. The van der Waals surface area contributed by atoms with E-state index in [0.717, 1.165) is 26.4 Å². The highest BCUT2D eigenvalue weighted by Crippen LogP contribution is 2.35. The number of hydrogen-bond donors (Lipinski definition) is 0. The number of thiophene rings is 1. The fourth-order valence-electron chi connectivity index (χ4n) is 3.01. The maximum atomic E-state index is 13.1. The summed E-state index contributed by atoms with van der Waals surface area (Å²) in [5, 5.41) is 1.34. The lowest BCUT2D eigenvalue weighted by Crippen LogP contribution is -2.21. The van der Waals surface area contributed by atoms with Crippen molar-refractivity contribution in [3.8, 4) is 11.1 Å².